The Bertz CT molecular complexity index is 870. The molecule has 3 nitrogen and oxygen atoms in total. The van der Waals surface area contributed by atoms with Crippen LogP contribution in [0.25, 0.3) is 0 Å². The molecule has 0 N–H and O–H groups in total. The molecule has 0 heterocycles. The summed E-state index contributed by atoms with van der Waals surface area (Å²) in [4.78, 5) is 17.0. The van der Waals surface area contributed by atoms with Crippen LogP contribution in [0.2, 0.25) is 20.1 Å². The SMILES string of the molecule is CCCCCCN=CCC(COC(=O)c1ccc(Cl)cc1Cl)c1ccc(Cl)c(Cl)c1. The van der Waals surface area contributed by atoms with Crippen molar-refractivity contribution in [1.82, 2.24) is 0 Å². The van der Waals surface area contributed by atoms with Gasteiger partial charge in [-0.2, -0.15) is 0 Å². The lowest BCUT2D eigenvalue weighted by Gasteiger charge is -2.17. The van der Waals surface area contributed by atoms with E-state index in [1.807, 2.05) is 12.3 Å². The number of aliphatic imine (C=N–C) groups is 1. The van der Waals surface area contributed by atoms with Crippen molar-refractivity contribution in [2.45, 2.75) is 44.9 Å². The second-order valence-corrected chi connectivity index (χ2v) is 8.64. The fourth-order valence-corrected chi connectivity index (χ4v) is 3.69. The second-order valence-electron chi connectivity index (χ2n) is 6.98. The molecule has 2 aromatic rings. The molecule has 0 amide bonds. The fraction of sp³-hybridized carbons (Fsp3) is 0.391. The largest absolute Gasteiger partial charge is 0.461 e. The van der Waals surface area contributed by atoms with Gasteiger partial charge in [-0.05, 0) is 55.0 Å². The normalized spacial score (nSPS) is 12.3. The molecular formula is C23H25Cl4NO2. The van der Waals surface area contributed by atoms with Crippen LogP contribution in [0, 0.1) is 0 Å². The number of ether oxygens (including phenoxy) is 1. The van der Waals surface area contributed by atoms with Crippen LogP contribution in [0.1, 0.15) is 60.9 Å². The van der Waals surface area contributed by atoms with Crippen LogP contribution in [0.15, 0.2) is 41.4 Å². The lowest BCUT2D eigenvalue weighted by Crippen LogP contribution is -2.14. The number of carbonyl (C=O) groups excluding carboxylic acids is 1. The van der Waals surface area contributed by atoms with Crippen LogP contribution in [0.5, 0.6) is 0 Å². The third-order valence-electron chi connectivity index (χ3n) is 4.64. The highest BCUT2D eigenvalue weighted by Crippen LogP contribution is 2.29. The molecule has 0 aromatic heterocycles. The maximum atomic E-state index is 12.5. The van der Waals surface area contributed by atoms with Gasteiger partial charge in [-0.15, -0.1) is 0 Å². The number of hydrogen-bond donors (Lipinski definition) is 0. The number of carbonyl (C=O) groups is 1. The molecule has 30 heavy (non-hydrogen) atoms. The summed E-state index contributed by atoms with van der Waals surface area (Å²) in [5.74, 6) is -0.604. The predicted octanol–water partition coefficient (Wildman–Crippen LogP) is 8.28. The topological polar surface area (TPSA) is 38.7 Å². The van der Waals surface area contributed by atoms with Crippen LogP contribution in [-0.4, -0.2) is 25.3 Å². The van der Waals surface area contributed by atoms with Gasteiger partial charge in [-0.3, -0.25) is 4.99 Å². The Balaban J connectivity index is 2.04. The number of unbranched alkanes of at least 4 members (excludes halogenated alkanes) is 3. The summed E-state index contributed by atoms with van der Waals surface area (Å²) < 4.78 is 5.54. The molecule has 0 aliphatic rings. The minimum Gasteiger partial charge on any atom is -0.461 e. The average molecular weight is 489 g/mol. The molecule has 2 rings (SSSR count). The maximum Gasteiger partial charge on any atom is 0.339 e. The number of rotatable bonds is 11. The van der Waals surface area contributed by atoms with E-state index in [1.165, 1.54) is 25.3 Å². The van der Waals surface area contributed by atoms with Crippen molar-refractivity contribution in [2.75, 3.05) is 13.2 Å². The highest BCUT2D eigenvalue weighted by atomic mass is 35.5. The summed E-state index contributed by atoms with van der Waals surface area (Å²) in [5.41, 5.74) is 1.20. The summed E-state index contributed by atoms with van der Waals surface area (Å²) in [6.07, 6.45) is 7.20. The third kappa shape index (κ3) is 8.11. The average Bonchev–Trinajstić information content (AvgIpc) is 2.71. The highest BCUT2D eigenvalue weighted by Gasteiger charge is 2.18. The van der Waals surface area contributed by atoms with Crippen molar-refractivity contribution < 1.29 is 9.53 Å². The lowest BCUT2D eigenvalue weighted by atomic mass is 9.97. The first kappa shape index (κ1) is 25.0. The van der Waals surface area contributed by atoms with Crippen LogP contribution >= 0.6 is 46.4 Å². The zero-order valence-corrected chi connectivity index (χ0v) is 19.9. The molecule has 1 unspecified atom stereocenters. The molecule has 7 heteroatoms. The lowest BCUT2D eigenvalue weighted by molar-refractivity contribution is 0.0482. The smallest absolute Gasteiger partial charge is 0.339 e. The Hall–Kier alpha value is -1.26. The second kappa shape index (κ2) is 13.2. The molecule has 0 spiro atoms. The molecule has 2 aromatic carbocycles. The van der Waals surface area contributed by atoms with Crippen LogP contribution < -0.4 is 0 Å². The quantitative estimate of drug-likeness (QED) is 0.181. The summed E-state index contributed by atoms with van der Waals surface area (Å²) >= 11 is 24.2. The van der Waals surface area contributed by atoms with Gasteiger partial charge in [0.15, 0.2) is 0 Å². The zero-order valence-electron chi connectivity index (χ0n) is 16.8. The Morgan fingerprint density at radius 3 is 2.50 bits per heavy atom. The van der Waals surface area contributed by atoms with E-state index in [4.69, 9.17) is 51.1 Å². The first-order valence-electron chi connectivity index (χ1n) is 9.97. The predicted molar refractivity (Wildman–Crippen MR) is 128 cm³/mol. The van der Waals surface area contributed by atoms with Crippen LogP contribution in [0.4, 0.5) is 0 Å². The van der Waals surface area contributed by atoms with Gasteiger partial charge in [0, 0.05) is 17.5 Å². The van der Waals surface area contributed by atoms with E-state index in [-0.39, 0.29) is 23.1 Å². The van der Waals surface area contributed by atoms with Gasteiger partial charge in [-0.1, -0.05) is 78.7 Å². The van der Waals surface area contributed by atoms with Gasteiger partial charge in [0.1, 0.15) is 0 Å². The molecule has 0 aliphatic heterocycles. The number of benzene rings is 2. The standard InChI is InChI=1S/C23H25Cl4NO2/c1-2-3-4-5-11-28-12-10-17(16-6-9-20(25)22(27)13-16)15-30-23(29)19-8-7-18(24)14-21(19)26/h6-9,12-14,17H,2-5,10-11,15H2,1H3. The first-order valence-corrected chi connectivity index (χ1v) is 11.5. The zero-order chi connectivity index (χ0) is 21.9. The summed E-state index contributed by atoms with van der Waals surface area (Å²) in [6, 6.07) is 10.1. The van der Waals surface area contributed by atoms with E-state index in [0.29, 0.717) is 21.5 Å². The number of esters is 1. The van der Waals surface area contributed by atoms with E-state index >= 15 is 0 Å². The van der Waals surface area contributed by atoms with Gasteiger partial charge in [-0.25, -0.2) is 4.79 Å². The molecule has 0 fully saturated rings. The molecule has 0 aliphatic carbocycles. The van der Waals surface area contributed by atoms with Gasteiger partial charge < -0.3 is 4.74 Å². The minimum atomic E-state index is -0.502. The van der Waals surface area contributed by atoms with Gasteiger partial charge >= 0.3 is 5.97 Å². The van der Waals surface area contributed by atoms with Crippen molar-refractivity contribution in [3.8, 4) is 0 Å². The van der Waals surface area contributed by atoms with E-state index in [1.54, 1.807) is 24.3 Å². The Morgan fingerprint density at radius 2 is 1.80 bits per heavy atom. The molecule has 0 bridgehead atoms. The number of hydrogen-bond acceptors (Lipinski definition) is 3. The number of halogens is 4. The van der Waals surface area contributed by atoms with Crippen molar-refractivity contribution in [1.29, 1.82) is 0 Å². The minimum absolute atomic E-state index is 0.103. The van der Waals surface area contributed by atoms with Crippen molar-refractivity contribution in [3.63, 3.8) is 0 Å². The Labute approximate surface area is 198 Å². The van der Waals surface area contributed by atoms with E-state index in [0.717, 1.165) is 18.5 Å². The molecule has 162 valence electrons. The molecule has 0 radical (unpaired) electrons. The first-order chi connectivity index (χ1) is 14.4. The monoisotopic (exact) mass is 487 g/mol. The fourth-order valence-electron chi connectivity index (χ4n) is 2.90. The third-order valence-corrected chi connectivity index (χ3v) is 5.93. The summed E-state index contributed by atoms with van der Waals surface area (Å²) in [6.45, 7) is 3.15. The van der Waals surface area contributed by atoms with E-state index in [9.17, 15) is 4.79 Å². The van der Waals surface area contributed by atoms with Gasteiger partial charge in [0.25, 0.3) is 0 Å². The molecule has 0 saturated carbocycles. The Kier molecular flexibility index (Phi) is 11.0. The van der Waals surface area contributed by atoms with Crippen molar-refractivity contribution in [3.05, 3.63) is 67.6 Å². The van der Waals surface area contributed by atoms with Crippen LogP contribution in [0.3, 0.4) is 0 Å². The molecule has 0 saturated heterocycles. The Morgan fingerprint density at radius 1 is 1.00 bits per heavy atom. The summed E-state index contributed by atoms with van der Waals surface area (Å²) in [5, 5.41) is 1.66. The van der Waals surface area contributed by atoms with E-state index < -0.39 is 5.97 Å². The number of nitrogens with zero attached hydrogens (tertiary/aromatic N) is 1. The maximum absolute atomic E-state index is 12.5. The van der Waals surface area contributed by atoms with Gasteiger partial charge in [0.05, 0.1) is 27.2 Å². The van der Waals surface area contributed by atoms with Crippen molar-refractivity contribution >= 4 is 58.6 Å². The molecular weight excluding hydrogens is 464 g/mol. The van der Waals surface area contributed by atoms with E-state index in [2.05, 4.69) is 11.9 Å². The highest BCUT2D eigenvalue weighted by molar-refractivity contribution is 6.42. The van der Waals surface area contributed by atoms with Gasteiger partial charge in [0.2, 0.25) is 0 Å². The molecule has 1 atom stereocenters. The van der Waals surface area contributed by atoms with Crippen molar-refractivity contribution in [2.24, 2.45) is 4.99 Å². The summed E-state index contributed by atoms with van der Waals surface area (Å²) in [7, 11) is 0. The van der Waals surface area contributed by atoms with Crippen LogP contribution in [-0.2, 0) is 4.74 Å².